The first-order valence-corrected chi connectivity index (χ1v) is 10.2. The molecule has 6 nitrogen and oxygen atoms in total. The molecule has 1 amide bonds. The minimum atomic E-state index is -0.776. The monoisotopic (exact) mass is 394 g/mol. The zero-order valence-electron chi connectivity index (χ0n) is 17.1. The van der Waals surface area contributed by atoms with Gasteiger partial charge in [0.05, 0.1) is 0 Å². The topological polar surface area (TPSA) is 81.8 Å². The molecule has 6 heteroatoms. The molecule has 2 aliphatic rings. The van der Waals surface area contributed by atoms with Gasteiger partial charge in [0, 0.05) is 28.9 Å². The molecule has 2 aromatic carbocycles. The van der Waals surface area contributed by atoms with Gasteiger partial charge in [0.25, 0.3) is 0 Å². The summed E-state index contributed by atoms with van der Waals surface area (Å²) < 4.78 is 0. The van der Waals surface area contributed by atoms with E-state index in [-0.39, 0.29) is 11.1 Å². The fraction of sp³-hybridized carbons (Fsp3) is 0.435. The van der Waals surface area contributed by atoms with Crippen LogP contribution >= 0.6 is 0 Å². The highest BCUT2D eigenvalue weighted by molar-refractivity contribution is 5.93. The molecule has 4 rings (SSSR count). The van der Waals surface area contributed by atoms with E-state index in [9.17, 15) is 9.90 Å². The van der Waals surface area contributed by atoms with Crippen molar-refractivity contribution >= 4 is 11.6 Å². The van der Waals surface area contributed by atoms with Crippen molar-refractivity contribution in [3.63, 3.8) is 0 Å². The summed E-state index contributed by atoms with van der Waals surface area (Å²) in [5.74, 6) is -0.459. The lowest BCUT2D eigenvalue weighted by Crippen LogP contribution is -2.54. The van der Waals surface area contributed by atoms with Crippen molar-refractivity contribution in [2.75, 3.05) is 25.5 Å². The fourth-order valence-electron chi connectivity index (χ4n) is 5.07. The van der Waals surface area contributed by atoms with E-state index in [2.05, 4.69) is 54.6 Å². The molecule has 0 aromatic heterocycles. The van der Waals surface area contributed by atoms with Crippen LogP contribution in [-0.4, -0.2) is 48.4 Å². The molecule has 1 heterocycles. The van der Waals surface area contributed by atoms with Crippen LogP contribution in [0, 0.1) is 0 Å². The van der Waals surface area contributed by atoms with Gasteiger partial charge in [0.1, 0.15) is 0 Å². The maximum atomic E-state index is 11.5. The second kappa shape index (κ2) is 7.44. The number of hydrogen-bond donors (Lipinski definition) is 3. The van der Waals surface area contributed by atoms with Crippen LogP contribution in [0.4, 0.5) is 5.69 Å². The molecule has 2 aromatic rings. The summed E-state index contributed by atoms with van der Waals surface area (Å²) in [7, 11) is 4.31. The van der Waals surface area contributed by atoms with Crippen LogP contribution in [0.3, 0.4) is 0 Å². The van der Waals surface area contributed by atoms with Gasteiger partial charge >= 0.3 is 0 Å². The highest BCUT2D eigenvalue weighted by atomic mass is 16.3. The quantitative estimate of drug-likeness (QED) is 0.741. The second-order valence-electron chi connectivity index (χ2n) is 8.63. The summed E-state index contributed by atoms with van der Waals surface area (Å²) in [4.78, 5) is 15.8. The number of nitrogens with one attached hydrogen (secondary N) is 1. The van der Waals surface area contributed by atoms with Crippen molar-refractivity contribution in [2.45, 2.75) is 43.1 Å². The van der Waals surface area contributed by atoms with E-state index >= 15 is 0 Å². The number of carbonyl (C=O) groups is 1. The van der Waals surface area contributed by atoms with E-state index in [1.807, 2.05) is 11.0 Å². The van der Waals surface area contributed by atoms with Gasteiger partial charge in [-0.1, -0.05) is 36.4 Å². The molecule has 1 aliphatic heterocycles. The summed E-state index contributed by atoms with van der Waals surface area (Å²) in [6.07, 6.45) is 3.17. The normalized spacial score (nSPS) is 29.5. The van der Waals surface area contributed by atoms with Crippen LogP contribution in [0.25, 0.3) is 0 Å². The number of nitrogens with zero attached hydrogens (tertiary/aromatic N) is 2. The van der Waals surface area contributed by atoms with E-state index in [0.29, 0.717) is 12.1 Å². The molecular weight excluding hydrogens is 364 g/mol. The molecule has 1 saturated heterocycles. The van der Waals surface area contributed by atoms with Gasteiger partial charge in [-0.15, -0.1) is 0 Å². The standard InChI is InChI=1S/C23H30N4O2/c1-26(2)23(18-8-4-3-5-9-18)13-11-22(12-14-23)16-27(21(29)25-22)19-10-6-7-17(15-19)20(24)28/h3-10,15,21,25,29H,11-14,16H2,1-2H3,(H2,24,28). The first-order chi connectivity index (χ1) is 13.9. The number of anilines is 1. The highest BCUT2D eigenvalue weighted by Crippen LogP contribution is 2.46. The lowest BCUT2D eigenvalue weighted by molar-refractivity contribution is 0.0513. The highest BCUT2D eigenvalue weighted by Gasteiger charge is 2.50. The molecule has 4 N–H and O–H groups in total. The number of benzene rings is 2. The third-order valence-corrected chi connectivity index (χ3v) is 6.87. The van der Waals surface area contributed by atoms with Crippen LogP contribution in [0.1, 0.15) is 41.6 Å². The van der Waals surface area contributed by atoms with E-state index in [4.69, 9.17) is 5.73 Å². The smallest absolute Gasteiger partial charge is 0.248 e. The number of rotatable bonds is 4. The molecule has 1 spiro atoms. The lowest BCUT2D eigenvalue weighted by Gasteiger charge is -2.49. The van der Waals surface area contributed by atoms with E-state index in [1.54, 1.807) is 18.2 Å². The van der Waals surface area contributed by atoms with Crippen molar-refractivity contribution in [2.24, 2.45) is 5.73 Å². The van der Waals surface area contributed by atoms with Crippen molar-refractivity contribution in [1.82, 2.24) is 10.2 Å². The summed E-state index contributed by atoms with van der Waals surface area (Å²) in [5, 5.41) is 14.2. The molecule has 1 unspecified atom stereocenters. The van der Waals surface area contributed by atoms with Gasteiger partial charge in [0.15, 0.2) is 6.35 Å². The summed E-state index contributed by atoms with van der Waals surface area (Å²) in [6, 6.07) is 17.9. The number of primary amides is 1. The molecule has 29 heavy (non-hydrogen) atoms. The van der Waals surface area contributed by atoms with Gasteiger partial charge in [0.2, 0.25) is 5.91 Å². The number of carbonyl (C=O) groups excluding carboxylic acids is 1. The molecule has 1 saturated carbocycles. The van der Waals surface area contributed by atoms with Crippen molar-refractivity contribution < 1.29 is 9.90 Å². The Bertz CT molecular complexity index is 875. The first-order valence-electron chi connectivity index (χ1n) is 10.2. The summed E-state index contributed by atoms with van der Waals surface area (Å²) in [6.45, 7) is 0.703. The Morgan fingerprint density at radius 1 is 1.10 bits per heavy atom. The number of amides is 1. The molecule has 1 atom stereocenters. The minimum absolute atomic E-state index is 0.0123. The average Bonchev–Trinajstić information content (AvgIpc) is 3.05. The van der Waals surface area contributed by atoms with Crippen LogP contribution in [0.2, 0.25) is 0 Å². The van der Waals surface area contributed by atoms with Crippen molar-refractivity contribution in [3.8, 4) is 0 Å². The van der Waals surface area contributed by atoms with E-state index in [1.165, 1.54) is 5.56 Å². The first kappa shape index (κ1) is 19.9. The Morgan fingerprint density at radius 2 is 1.79 bits per heavy atom. The predicted octanol–water partition coefficient (Wildman–Crippen LogP) is 2.24. The third kappa shape index (κ3) is 3.52. The number of aliphatic hydroxyl groups excluding tert-OH is 1. The largest absolute Gasteiger partial charge is 0.366 e. The Morgan fingerprint density at radius 3 is 2.41 bits per heavy atom. The van der Waals surface area contributed by atoms with Gasteiger partial charge in [-0.2, -0.15) is 0 Å². The zero-order valence-corrected chi connectivity index (χ0v) is 17.1. The average molecular weight is 395 g/mol. The van der Waals surface area contributed by atoms with Gasteiger partial charge < -0.3 is 15.7 Å². The van der Waals surface area contributed by atoms with Crippen LogP contribution < -0.4 is 16.0 Å². The summed E-state index contributed by atoms with van der Waals surface area (Å²) in [5.41, 5.74) is 7.91. The van der Waals surface area contributed by atoms with Crippen LogP contribution in [0.15, 0.2) is 54.6 Å². The number of hydrogen-bond acceptors (Lipinski definition) is 5. The number of nitrogens with two attached hydrogens (primary N) is 1. The minimum Gasteiger partial charge on any atom is -0.366 e. The van der Waals surface area contributed by atoms with Gasteiger partial charge in [-0.3, -0.25) is 15.0 Å². The Balaban J connectivity index is 1.54. The zero-order chi connectivity index (χ0) is 20.6. The predicted molar refractivity (Wildman–Crippen MR) is 114 cm³/mol. The third-order valence-electron chi connectivity index (χ3n) is 6.87. The SMILES string of the molecule is CN(C)C1(c2ccccc2)CCC2(CC1)CN(c1cccc(C(N)=O)c1)C(O)N2. The molecule has 154 valence electrons. The fourth-order valence-corrected chi connectivity index (χ4v) is 5.07. The molecule has 1 aliphatic carbocycles. The Labute approximate surface area is 172 Å². The van der Waals surface area contributed by atoms with Crippen LogP contribution in [0.5, 0.6) is 0 Å². The van der Waals surface area contributed by atoms with Crippen molar-refractivity contribution in [3.05, 3.63) is 65.7 Å². The second-order valence-corrected chi connectivity index (χ2v) is 8.63. The van der Waals surface area contributed by atoms with Crippen molar-refractivity contribution in [1.29, 1.82) is 0 Å². The van der Waals surface area contributed by atoms with Gasteiger partial charge in [-0.25, -0.2) is 0 Å². The molecule has 0 radical (unpaired) electrons. The lowest BCUT2D eigenvalue weighted by atomic mass is 9.69. The Kier molecular flexibility index (Phi) is 5.11. The van der Waals surface area contributed by atoms with Gasteiger partial charge in [-0.05, 0) is 63.5 Å². The maximum Gasteiger partial charge on any atom is 0.248 e. The molecule has 2 fully saturated rings. The molecular formula is C23H30N4O2. The van der Waals surface area contributed by atoms with E-state index in [0.717, 1.165) is 31.4 Å². The van der Waals surface area contributed by atoms with Crippen LogP contribution in [-0.2, 0) is 5.54 Å². The van der Waals surface area contributed by atoms with E-state index < -0.39 is 12.3 Å². The maximum absolute atomic E-state index is 11.5. The molecule has 0 bridgehead atoms. The Hall–Kier alpha value is -2.41. The number of aliphatic hydroxyl groups is 1. The summed E-state index contributed by atoms with van der Waals surface area (Å²) >= 11 is 0.